The fraction of sp³-hybridized carbons (Fsp3) is 0.500. The van der Waals surface area contributed by atoms with Crippen LogP contribution in [-0.2, 0) is 11.2 Å². The number of amides is 1. The molecule has 0 radical (unpaired) electrons. The Kier molecular flexibility index (Phi) is 5.65. The number of para-hydroxylation sites is 1. The number of aliphatic hydroxyl groups excluding tert-OH is 1. The van der Waals surface area contributed by atoms with Gasteiger partial charge in [0.05, 0.1) is 12.5 Å². The Morgan fingerprint density at radius 3 is 2.61 bits per heavy atom. The first-order valence-electron chi connectivity index (χ1n) is 6.20. The van der Waals surface area contributed by atoms with Crippen molar-refractivity contribution in [2.45, 2.75) is 32.8 Å². The summed E-state index contributed by atoms with van der Waals surface area (Å²) < 4.78 is 0. The molecule has 1 unspecified atom stereocenters. The molecule has 0 saturated heterocycles. The molecular formula is C14H21NO3. The molecule has 3 N–H and O–H groups in total. The van der Waals surface area contributed by atoms with Gasteiger partial charge in [0.2, 0.25) is 5.91 Å². The number of aromatic hydroxyl groups is 1. The summed E-state index contributed by atoms with van der Waals surface area (Å²) in [5.41, 5.74) is 0.591. The first-order valence-corrected chi connectivity index (χ1v) is 6.20. The van der Waals surface area contributed by atoms with E-state index < -0.39 is 6.10 Å². The van der Waals surface area contributed by atoms with Crippen LogP contribution in [0.4, 0.5) is 0 Å². The smallest absolute Gasteiger partial charge is 0.224 e. The van der Waals surface area contributed by atoms with Crippen molar-refractivity contribution in [3.8, 4) is 5.75 Å². The van der Waals surface area contributed by atoms with Crippen LogP contribution in [0.25, 0.3) is 0 Å². The number of hydrogen-bond acceptors (Lipinski definition) is 3. The van der Waals surface area contributed by atoms with E-state index >= 15 is 0 Å². The molecule has 1 rings (SSSR count). The summed E-state index contributed by atoms with van der Waals surface area (Å²) >= 11 is 0. The molecule has 0 aliphatic carbocycles. The van der Waals surface area contributed by atoms with Crippen molar-refractivity contribution >= 4 is 5.91 Å². The van der Waals surface area contributed by atoms with Crippen molar-refractivity contribution in [1.29, 1.82) is 0 Å². The number of phenolic OH excluding ortho intramolecular Hbond substituents is 1. The molecule has 0 fully saturated rings. The molecule has 0 spiro atoms. The van der Waals surface area contributed by atoms with Crippen molar-refractivity contribution < 1.29 is 15.0 Å². The van der Waals surface area contributed by atoms with E-state index in [9.17, 15) is 15.0 Å². The Balaban J connectivity index is 2.36. The molecular weight excluding hydrogens is 230 g/mol. The predicted octanol–water partition coefficient (Wildman–Crippen LogP) is 1.46. The van der Waals surface area contributed by atoms with Gasteiger partial charge in [-0.15, -0.1) is 0 Å². The van der Waals surface area contributed by atoms with Gasteiger partial charge in [0, 0.05) is 12.1 Å². The number of carbonyl (C=O) groups is 1. The number of hydrogen-bond donors (Lipinski definition) is 3. The van der Waals surface area contributed by atoms with E-state index in [2.05, 4.69) is 5.32 Å². The molecule has 4 heteroatoms. The van der Waals surface area contributed by atoms with Crippen molar-refractivity contribution in [2.75, 3.05) is 6.54 Å². The highest BCUT2D eigenvalue weighted by molar-refractivity contribution is 5.79. The minimum atomic E-state index is -0.515. The molecule has 100 valence electrons. The lowest BCUT2D eigenvalue weighted by Gasteiger charge is -2.14. The molecule has 18 heavy (non-hydrogen) atoms. The van der Waals surface area contributed by atoms with Gasteiger partial charge in [-0.25, -0.2) is 0 Å². The maximum Gasteiger partial charge on any atom is 0.224 e. The lowest BCUT2D eigenvalue weighted by molar-refractivity contribution is -0.121. The Hall–Kier alpha value is -1.55. The third kappa shape index (κ3) is 5.19. The normalized spacial score (nSPS) is 12.4. The summed E-state index contributed by atoms with van der Waals surface area (Å²) in [5.74, 6) is 0.324. The summed E-state index contributed by atoms with van der Waals surface area (Å²) in [4.78, 5) is 11.6. The fourth-order valence-electron chi connectivity index (χ4n) is 1.75. The Labute approximate surface area is 108 Å². The number of rotatable bonds is 6. The maximum atomic E-state index is 11.6. The lowest BCUT2D eigenvalue weighted by atomic mass is 10.1. The van der Waals surface area contributed by atoms with Crippen LogP contribution in [0.3, 0.4) is 0 Å². The molecule has 1 amide bonds. The third-order valence-corrected chi connectivity index (χ3v) is 2.62. The number of phenols is 1. The second-order valence-corrected chi connectivity index (χ2v) is 4.89. The van der Waals surface area contributed by atoms with Gasteiger partial charge >= 0.3 is 0 Å². The van der Waals surface area contributed by atoms with Gasteiger partial charge in [0.1, 0.15) is 5.75 Å². The van der Waals surface area contributed by atoms with Gasteiger partial charge in [0.15, 0.2) is 0 Å². The van der Waals surface area contributed by atoms with Gasteiger partial charge in [-0.2, -0.15) is 0 Å². The summed E-state index contributed by atoms with van der Waals surface area (Å²) in [6.07, 6.45) is 0.274. The monoisotopic (exact) mass is 251 g/mol. The second kappa shape index (κ2) is 7.01. The van der Waals surface area contributed by atoms with E-state index in [-0.39, 0.29) is 24.6 Å². The quantitative estimate of drug-likeness (QED) is 0.717. The van der Waals surface area contributed by atoms with Gasteiger partial charge in [-0.3, -0.25) is 4.79 Å². The average molecular weight is 251 g/mol. The van der Waals surface area contributed by atoms with Crippen LogP contribution in [0.15, 0.2) is 24.3 Å². The predicted molar refractivity (Wildman–Crippen MR) is 70.3 cm³/mol. The van der Waals surface area contributed by atoms with Crippen molar-refractivity contribution in [2.24, 2.45) is 5.92 Å². The minimum Gasteiger partial charge on any atom is -0.508 e. The summed E-state index contributed by atoms with van der Waals surface area (Å²) in [6.45, 7) is 4.30. The zero-order valence-corrected chi connectivity index (χ0v) is 10.9. The van der Waals surface area contributed by atoms with E-state index in [0.29, 0.717) is 17.9 Å². The van der Waals surface area contributed by atoms with Crippen LogP contribution in [0.1, 0.15) is 25.8 Å². The van der Waals surface area contributed by atoms with Crippen LogP contribution in [0.5, 0.6) is 5.75 Å². The first kappa shape index (κ1) is 14.5. The van der Waals surface area contributed by atoms with E-state index in [1.807, 2.05) is 13.8 Å². The highest BCUT2D eigenvalue weighted by Gasteiger charge is 2.10. The van der Waals surface area contributed by atoms with Crippen molar-refractivity contribution in [3.63, 3.8) is 0 Å². The van der Waals surface area contributed by atoms with Gasteiger partial charge < -0.3 is 15.5 Å². The number of carbonyl (C=O) groups excluding carboxylic acids is 1. The summed E-state index contributed by atoms with van der Waals surface area (Å²) in [6, 6.07) is 6.74. The SMILES string of the molecule is CC(C)CC(O)CNC(=O)Cc1ccccc1O. The summed E-state index contributed by atoms with van der Waals surface area (Å²) in [5, 5.41) is 21.8. The highest BCUT2D eigenvalue weighted by Crippen LogP contribution is 2.15. The number of nitrogens with one attached hydrogen (secondary N) is 1. The van der Waals surface area contributed by atoms with Crippen LogP contribution in [0.2, 0.25) is 0 Å². The third-order valence-electron chi connectivity index (χ3n) is 2.62. The maximum absolute atomic E-state index is 11.6. The largest absolute Gasteiger partial charge is 0.508 e. The molecule has 1 atom stereocenters. The van der Waals surface area contributed by atoms with E-state index in [1.54, 1.807) is 24.3 Å². The zero-order chi connectivity index (χ0) is 13.5. The number of aliphatic hydroxyl groups is 1. The van der Waals surface area contributed by atoms with Gasteiger partial charge in [-0.1, -0.05) is 32.0 Å². The lowest BCUT2D eigenvalue weighted by Crippen LogP contribution is -2.33. The topological polar surface area (TPSA) is 69.6 Å². The molecule has 0 aliphatic heterocycles. The van der Waals surface area contributed by atoms with Crippen LogP contribution in [0, 0.1) is 5.92 Å². The Bertz CT molecular complexity index is 390. The van der Waals surface area contributed by atoms with E-state index in [1.165, 1.54) is 0 Å². The van der Waals surface area contributed by atoms with Crippen LogP contribution >= 0.6 is 0 Å². The molecule has 0 saturated carbocycles. The Morgan fingerprint density at radius 1 is 1.33 bits per heavy atom. The average Bonchev–Trinajstić information content (AvgIpc) is 2.29. The summed E-state index contributed by atoms with van der Waals surface area (Å²) in [7, 11) is 0. The standard InChI is InChI=1S/C14H21NO3/c1-10(2)7-12(16)9-15-14(18)8-11-5-3-4-6-13(11)17/h3-6,10,12,16-17H,7-9H2,1-2H3,(H,15,18). The van der Waals surface area contributed by atoms with Crippen LogP contribution in [-0.4, -0.2) is 28.8 Å². The second-order valence-electron chi connectivity index (χ2n) is 4.89. The minimum absolute atomic E-state index is 0.121. The Morgan fingerprint density at radius 2 is 2.00 bits per heavy atom. The highest BCUT2D eigenvalue weighted by atomic mass is 16.3. The molecule has 0 heterocycles. The first-order chi connectivity index (χ1) is 8.49. The zero-order valence-electron chi connectivity index (χ0n) is 10.9. The van der Waals surface area contributed by atoms with E-state index in [0.717, 1.165) is 0 Å². The van der Waals surface area contributed by atoms with Gasteiger partial charge in [-0.05, 0) is 18.4 Å². The van der Waals surface area contributed by atoms with Gasteiger partial charge in [0.25, 0.3) is 0 Å². The molecule has 0 aliphatic rings. The van der Waals surface area contributed by atoms with Crippen LogP contribution < -0.4 is 5.32 Å². The van der Waals surface area contributed by atoms with Crippen molar-refractivity contribution in [1.82, 2.24) is 5.32 Å². The molecule has 1 aromatic carbocycles. The molecule has 0 aromatic heterocycles. The number of benzene rings is 1. The van der Waals surface area contributed by atoms with E-state index in [4.69, 9.17) is 0 Å². The molecule has 4 nitrogen and oxygen atoms in total. The van der Waals surface area contributed by atoms with Crippen molar-refractivity contribution in [3.05, 3.63) is 29.8 Å². The molecule has 1 aromatic rings. The fourth-order valence-corrected chi connectivity index (χ4v) is 1.75. The molecule has 0 bridgehead atoms.